The van der Waals surface area contributed by atoms with Crippen LogP contribution >= 0.6 is 0 Å². The molecule has 1 aliphatic rings. The van der Waals surface area contributed by atoms with Crippen LogP contribution in [-0.2, 0) is 9.59 Å². The zero-order valence-electron chi connectivity index (χ0n) is 10.8. The van der Waals surface area contributed by atoms with Crippen LogP contribution in [0, 0.1) is 11.3 Å². The predicted octanol–water partition coefficient (Wildman–Crippen LogP) is 2.26. The van der Waals surface area contributed by atoms with Crippen molar-refractivity contribution in [2.24, 2.45) is 5.92 Å². The number of hydrogen-bond donors (Lipinski definition) is 2. The number of rotatable bonds is 2. The van der Waals surface area contributed by atoms with E-state index in [4.69, 9.17) is 5.41 Å². The SMILES string of the molecule is N=C(c1cccc2ccccc12)[C@@H]1CCC(=O)NC1=O. The fourth-order valence-corrected chi connectivity index (χ4v) is 2.62. The lowest BCUT2D eigenvalue weighted by Gasteiger charge is -2.22. The Labute approximate surface area is 116 Å². The highest BCUT2D eigenvalue weighted by molar-refractivity contribution is 6.19. The summed E-state index contributed by atoms with van der Waals surface area (Å²) < 4.78 is 0. The highest BCUT2D eigenvalue weighted by Gasteiger charge is 2.31. The Morgan fingerprint density at radius 1 is 1.10 bits per heavy atom. The summed E-state index contributed by atoms with van der Waals surface area (Å²) in [5.74, 6) is -1.16. The molecule has 0 aromatic heterocycles. The molecule has 2 amide bonds. The summed E-state index contributed by atoms with van der Waals surface area (Å²) in [5.41, 5.74) is 1.05. The quantitative estimate of drug-likeness (QED) is 0.646. The third kappa shape index (κ3) is 2.09. The van der Waals surface area contributed by atoms with E-state index in [9.17, 15) is 9.59 Å². The van der Waals surface area contributed by atoms with E-state index in [0.717, 1.165) is 16.3 Å². The number of piperidine rings is 1. The van der Waals surface area contributed by atoms with E-state index in [2.05, 4.69) is 5.32 Å². The van der Waals surface area contributed by atoms with Gasteiger partial charge in [-0.2, -0.15) is 0 Å². The number of amides is 2. The second kappa shape index (κ2) is 4.89. The van der Waals surface area contributed by atoms with Crippen LogP contribution in [-0.4, -0.2) is 17.5 Å². The first-order valence-corrected chi connectivity index (χ1v) is 6.57. The van der Waals surface area contributed by atoms with Crippen molar-refractivity contribution < 1.29 is 9.59 Å². The van der Waals surface area contributed by atoms with Gasteiger partial charge in [0.2, 0.25) is 11.8 Å². The monoisotopic (exact) mass is 266 g/mol. The Hall–Kier alpha value is -2.49. The average Bonchev–Trinajstić information content (AvgIpc) is 2.46. The first-order chi connectivity index (χ1) is 9.66. The fourth-order valence-electron chi connectivity index (χ4n) is 2.62. The molecule has 1 heterocycles. The van der Waals surface area contributed by atoms with E-state index in [1.165, 1.54) is 0 Å². The summed E-state index contributed by atoms with van der Waals surface area (Å²) in [6.07, 6.45) is 0.705. The molecule has 20 heavy (non-hydrogen) atoms. The van der Waals surface area contributed by atoms with E-state index in [1.807, 2.05) is 42.5 Å². The largest absolute Gasteiger partial charge is 0.304 e. The molecule has 0 bridgehead atoms. The number of nitrogens with one attached hydrogen (secondary N) is 2. The van der Waals surface area contributed by atoms with Gasteiger partial charge in [-0.05, 0) is 17.2 Å². The van der Waals surface area contributed by atoms with Gasteiger partial charge in [-0.1, -0.05) is 42.5 Å². The molecule has 100 valence electrons. The van der Waals surface area contributed by atoms with Crippen molar-refractivity contribution in [3.05, 3.63) is 48.0 Å². The van der Waals surface area contributed by atoms with Gasteiger partial charge in [0.1, 0.15) is 0 Å². The normalized spacial score (nSPS) is 18.9. The Morgan fingerprint density at radius 2 is 1.85 bits per heavy atom. The summed E-state index contributed by atoms with van der Waals surface area (Å²) in [5, 5.41) is 12.6. The van der Waals surface area contributed by atoms with Crippen LogP contribution in [0.1, 0.15) is 18.4 Å². The predicted molar refractivity (Wildman–Crippen MR) is 76.7 cm³/mol. The van der Waals surface area contributed by atoms with Gasteiger partial charge in [-0.25, -0.2) is 0 Å². The van der Waals surface area contributed by atoms with Gasteiger partial charge < -0.3 is 5.41 Å². The first-order valence-electron chi connectivity index (χ1n) is 6.57. The second-order valence-electron chi connectivity index (χ2n) is 4.94. The Morgan fingerprint density at radius 3 is 2.65 bits per heavy atom. The third-order valence-corrected chi connectivity index (χ3v) is 3.67. The summed E-state index contributed by atoms with van der Waals surface area (Å²) in [4.78, 5) is 23.1. The number of carbonyl (C=O) groups is 2. The van der Waals surface area contributed by atoms with Crippen molar-refractivity contribution in [1.29, 1.82) is 5.41 Å². The molecular formula is C16H14N2O2. The molecular weight excluding hydrogens is 252 g/mol. The lowest BCUT2D eigenvalue weighted by atomic mass is 9.87. The number of benzene rings is 2. The van der Waals surface area contributed by atoms with Crippen molar-refractivity contribution >= 4 is 28.3 Å². The van der Waals surface area contributed by atoms with E-state index < -0.39 is 5.92 Å². The summed E-state index contributed by atoms with van der Waals surface area (Å²) in [6, 6.07) is 13.5. The third-order valence-electron chi connectivity index (χ3n) is 3.67. The smallest absolute Gasteiger partial charge is 0.235 e. The topological polar surface area (TPSA) is 70.0 Å². The van der Waals surface area contributed by atoms with Crippen LogP contribution in [0.15, 0.2) is 42.5 Å². The van der Waals surface area contributed by atoms with Crippen molar-refractivity contribution in [2.75, 3.05) is 0 Å². The van der Waals surface area contributed by atoms with E-state index in [-0.39, 0.29) is 17.5 Å². The number of hydrogen-bond acceptors (Lipinski definition) is 3. The maximum atomic E-state index is 11.9. The minimum absolute atomic E-state index is 0.253. The van der Waals surface area contributed by atoms with Crippen LogP contribution in [0.3, 0.4) is 0 Å². The summed E-state index contributed by atoms with van der Waals surface area (Å²) in [6.45, 7) is 0. The lowest BCUT2D eigenvalue weighted by Crippen LogP contribution is -2.43. The molecule has 1 saturated heterocycles. The van der Waals surface area contributed by atoms with Gasteiger partial charge in [-0.15, -0.1) is 0 Å². The molecule has 4 nitrogen and oxygen atoms in total. The van der Waals surface area contributed by atoms with Crippen LogP contribution in [0.5, 0.6) is 0 Å². The van der Waals surface area contributed by atoms with Crippen molar-refractivity contribution in [1.82, 2.24) is 5.32 Å². The van der Waals surface area contributed by atoms with Gasteiger partial charge in [0, 0.05) is 12.0 Å². The number of carbonyl (C=O) groups excluding carboxylic acids is 2. The average molecular weight is 266 g/mol. The minimum Gasteiger partial charge on any atom is -0.304 e. The zero-order valence-corrected chi connectivity index (χ0v) is 10.8. The second-order valence-corrected chi connectivity index (χ2v) is 4.94. The zero-order chi connectivity index (χ0) is 14.1. The van der Waals surface area contributed by atoms with Gasteiger partial charge in [0.05, 0.1) is 11.6 Å². The van der Waals surface area contributed by atoms with Crippen molar-refractivity contribution in [3.8, 4) is 0 Å². The van der Waals surface area contributed by atoms with Crippen molar-refractivity contribution in [2.45, 2.75) is 12.8 Å². The van der Waals surface area contributed by atoms with E-state index in [1.54, 1.807) is 0 Å². The standard InChI is InChI=1S/C16H14N2O2/c17-15(13-8-9-14(19)18-16(13)20)12-7-3-5-10-4-1-2-6-11(10)12/h1-7,13,17H,8-9H2,(H,18,19,20)/t13-/m0/s1. The molecule has 1 fully saturated rings. The van der Waals surface area contributed by atoms with Crippen LogP contribution < -0.4 is 5.32 Å². The summed E-state index contributed by atoms with van der Waals surface area (Å²) in [7, 11) is 0. The van der Waals surface area contributed by atoms with Gasteiger partial charge in [0.15, 0.2) is 0 Å². The highest BCUT2D eigenvalue weighted by atomic mass is 16.2. The number of fused-ring (bicyclic) bond motifs is 1. The van der Waals surface area contributed by atoms with E-state index in [0.29, 0.717) is 12.8 Å². The van der Waals surface area contributed by atoms with Crippen molar-refractivity contribution in [3.63, 3.8) is 0 Å². The molecule has 0 saturated carbocycles. The molecule has 2 aromatic carbocycles. The van der Waals surface area contributed by atoms with Gasteiger partial charge in [-0.3, -0.25) is 14.9 Å². The van der Waals surface area contributed by atoms with Gasteiger partial charge >= 0.3 is 0 Å². The molecule has 0 unspecified atom stereocenters. The van der Waals surface area contributed by atoms with E-state index >= 15 is 0 Å². The highest BCUT2D eigenvalue weighted by Crippen LogP contribution is 2.24. The van der Waals surface area contributed by atoms with Crippen LogP contribution in [0.25, 0.3) is 10.8 Å². The lowest BCUT2D eigenvalue weighted by molar-refractivity contribution is -0.134. The first kappa shape index (κ1) is 12.5. The Bertz CT molecular complexity index is 716. The number of imide groups is 1. The molecule has 0 aliphatic carbocycles. The maximum Gasteiger partial charge on any atom is 0.235 e. The summed E-state index contributed by atoms with van der Waals surface area (Å²) >= 11 is 0. The molecule has 1 aliphatic heterocycles. The Kier molecular flexibility index (Phi) is 3.06. The molecule has 1 atom stereocenters. The molecule has 3 rings (SSSR count). The van der Waals surface area contributed by atoms with Crippen LogP contribution in [0.4, 0.5) is 0 Å². The molecule has 0 spiro atoms. The van der Waals surface area contributed by atoms with Gasteiger partial charge in [0.25, 0.3) is 0 Å². The molecule has 4 heteroatoms. The molecule has 2 aromatic rings. The Balaban J connectivity index is 2.01. The molecule has 0 radical (unpaired) electrons. The molecule has 2 N–H and O–H groups in total. The van der Waals surface area contributed by atoms with Crippen LogP contribution in [0.2, 0.25) is 0 Å². The minimum atomic E-state index is -0.543. The fraction of sp³-hybridized carbons (Fsp3) is 0.188. The maximum absolute atomic E-state index is 11.9.